The van der Waals surface area contributed by atoms with Crippen LogP contribution in [0.1, 0.15) is 34.8 Å². The van der Waals surface area contributed by atoms with Gasteiger partial charge in [-0.05, 0) is 78.7 Å². The molecule has 3 amide bonds. The highest BCUT2D eigenvalue weighted by Gasteiger charge is 2.18. The van der Waals surface area contributed by atoms with Crippen molar-refractivity contribution < 1.29 is 14.0 Å². The van der Waals surface area contributed by atoms with E-state index in [1.165, 1.54) is 24.3 Å². The van der Waals surface area contributed by atoms with Crippen LogP contribution in [-0.2, 0) is 6.54 Å². The van der Waals surface area contributed by atoms with Crippen LogP contribution in [0.25, 0.3) is 0 Å². The van der Waals surface area contributed by atoms with Gasteiger partial charge in [0.15, 0.2) is 0 Å². The molecule has 0 bridgehead atoms. The molecule has 35 heavy (non-hydrogen) atoms. The second-order valence-corrected chi connectivity index (χ2v) is 8.24. The summed E-state index contributed by atoms with van der Waals surface area (Å²) in [5.74, 6) is -0.579. The Morgan fingerprint density at radius 3 is 2.17 bits per heavy atom. The molecule has 0 aromatic heterocycles. The minimum atomic E-state index is -0.425. The Hall–Kier alpha value is -4.38. The van der Waals surface area contributed by atoms with Crippen molar-refractivity contribution in [2.75, 3.05) is 36.2 Å². The maximum atomic E-state index is 13.3. The number of nitrogens with one attached hydrogen (secondary N) is 2. The number of carbonyl (C=O) groups excluding carboxylic acids is 2. The Bertz CT molecular complexity index is 1220. The number of hydrogen-bond acceptors (Lipinski definition) is 4. The molecule has 0 aliphatic heterocycles. The minimum absolute atomic E-state index is 0.187. The number of benzene rings is 3. The summed E-state index contributed by atoms with van der Waals surface area (Å²) in [4.78, 5) is 29.3. The van der Waals surface area contributed by atoms with Gasteiger partial charge in [-0.25, -0.2) is 9.18 Å². The summed E-state index contributed by atoms with van der Waals surface area (Å²) in [7, 11) is 3.82. The molecule has 0 spiro atoms. The molecule has 0 radical (unpaired) electrons. The molecule has 0 aliphatic rings. The Morgan fingerprint density at radius 1 is 0.943 bits per heavy atom. The smallest absolute Gasteiger partial charge is 0.323 e. The average Bonchev–Trinajstić information content (AvgIpc) is 2.84. The highest BCUT2D eigenvalue weighted by atomic mass is 19.1. The van der Waals surface area contributed by atoms with Crippen molar-refractivity contribution >= 4 is 29.0 Å². The molecule has 0 unspecified atom stereocenters. The van der Waals surface area contributed by atoms with Crippen LogP contribution in [0.15, 0.2) is 66.7 Å². The molecule has 0 aliphatic carbocycles. The van der Waals surface area contributed by atoms with Gasteiger partial charge in [0.1, 0.15) is 5.82 Å². The van der Waals surface area contributed by atoms with Crippen molar-refractivity contribution in [1.82, 2.24) is 4.90 Å². The molecule has 8 heteroatoms. The number of nitriles is 1. The van der Waals surface area contributed by atoms with E-state index in [2.05, 4.69) is 10.6 Å². The van der Waals surface area contributed by atoms with Gasteiger partial charge in [0.2, 0.25) is 0 Å². The largest absolute Gasteiger partial charge is 0.377 e. The number of carbonyl (C=O) groups is 2. The van der Waals surface area contributed by atoms with E-state index < -0.39 is 11.8 Å². The first-order valence-electron chi connectivity index (χ1n) is 11.2. The highest BCUT2D eigenvalue weighted by molar-refractivity contribution is 6.00. The second kappa shape index (κ2) is 11.7. The topological polar surface area (TPSA) is 88.5 Å². The maximum Gasteiger partial charge on any atom is 0.323 e. The lowest BCUT2D eigenvalue weighted by molar-refractivity contribution is 0.0743. The van der Waals surface area contributed by atoms with E-state index in [0.29, 0.717) is 35.6 Å². The van der Waals surface area contributed by atoms with Gasteiger partial charge in [0, 0.05) is 49.8 Å². The van der Waals surface area contributed by atoms with Gasteiger partial charge in [0.05, 0.1) is 11.6 Å². The molecule has 0 saturated carbocycles. The minimum Gasteiger partial charge on any atom is -0.377 e. The predicted molar refractivity (Wildman–Crippen MR) is 136 cm³/mol. The fourth-order valence-corrected chi connectivity index (χ4v) is 3.65. The van der Waals surface area contributed by atoms with Gasteiger partial charge in [-0.1, -0.05) is 6.92 Å². The number of urea groups is 1. The molecule has 3 aromatic rings. The van der Waals surface area contributed by atoms with Crippen molar-refractivity contribution in [2.45, 2.75) is 19.9 Å². The van der Waals surface area contributed by atoms with Crippen molar-refractivity contribution in [3.63, 3.8) is 0 Å². The van der Waals surface area contributed by atoms with E-state index in [1.807, 2.05) is 44.1 Å². The van der Waals surface area contributed by atoms with Crippen LogP contribution in [0.2, 0.25) is 0 Å². The van der Waals surface area contributed by atoms with Crippen molar-refractivity contribution in [1.29, 1.82) is 5.26 Å². The Balaban J connectivity index is 1.80. The average molecular weight is 474 g/mol. The molecule has 7 nitrogen and oxygen atoms in total. The van der Waals surface area contributed by atoms with Gasteiger partial charge in [-0.2, -0.15) is 5.26 Å². The van der Waals surface area contributed by atoms with Gasteiger partial charge in [-0.15, -0.1) is 0 Å². The summed E-state index contributed by atoms with van der Waals surface area (Å²) < 4.78 is 13.3. The third-order valence-corrected chi connectivity index (χ3v) is 5.32. The lowest BCUT2D eigenvalue weighted by Crippen LogP contribution is -2.32. The zero-order chi connectivity index (χ0) is 25.4. The summed E-state index contributed by atoms with van der Waals surface area (Å²) in [5.41, 5.74) is 3.83. The zero-order valence-electron chi connectivity index (χ0n) is 20.0. The molecule has 0 fully saturated rings. The van der Waals surface area contributed by atoms with Crippen LogP contribution in [-0.4, -0.2) is 37.5 Å². The number of rotatable bonds is 8. The molecule has 3 aromatic carbocycles. The number of hydrogen-bond donors (Lipinski definition) is 2. The van der Waals surface area contributed by atoms with E-state index in [-0.39, 0.29) is 5.91 Å². The van der Waals surface area contributed by atoms with E-state index in [0.717, 1.165) is 17.7 Å². The summed E-state index contributed by atoms with van der Waals surface area (Å²) in [6, 6.07) is 19.2. The third kappa shape index (κ3) is 6.81. The normalized spacial score (nSPS) is 10.3. The molecule has 3 rings (SSSR count). The summed E-state index contributed by atoms with van der Waals surface area (Å²) in [6.07, 6.45) is 0.759. The van der Waals surface area contributed by atoms with Crippen molar-refractivity contribution in [3.05, 3.63) is 89.2 Å². The van der Waals surface area contributed by atoms with Crippen LogP contribution in [0.5, 0.6) is 0 Å². The molecule has 0 heterocycles. The summed E-state index contributed by atoms with van der Waals surface area (Å²) in [5, 5.41) is 14.5. The Morgan fingerprint density at radius 2 is 1.57 bits per heavy atom. The quantitative estimate of drug-likeness (QED) is 0.455. The molecule has 0 atom stereocenters. The first-order valence-corrected chi connectivity index (χ1v) is 11.2. The van der Waals surface area contributed by atoms with E-state index in [1.54, 1.807) is 35.2 Å². The number of nitrogens with zero attached hydrogens (tertiary/aromatic N) is 3. The Kier molecular flexibility index (Phi) is 8.41. The molecule has 2 N–H and O–H groups in total. The highest BCUT2D eigenvalue weighted by Crippen LogP contribution is 2.25. The number of amides is 3. The van der Waals surface area contributed by atoms with E-state index in [4.69, 9.17) is 5.26 Å². The maximum absolute atomic E-state index is 13.3. The first kappa shape index (κ1) is 25.2. The first-order chi connectivity index (χ1) is 16.8. The standard InChI is InChI=1S/C27H28FN5O2/c1-4-15-33(26(34)20-7-9-22(28)10-8-20)18-21-16-24(13-14-25(21)32(2)3)31-27(35)30-23-11-5-19(17-29)6-12-23/h5-14,16H,4,15,18H2,1-3H3,(H2,30,31,35). The van der Waals surface area contributed by atoms with Crippen LogP contribution < -0.4 is 15.5 Å². The third-order valence-electron chi connectivity index (χ3n) is 5.32. The van der Waals surface area contributed by atoms with Gasteiger partial charge in [-0.3, -0.25) is 4.79 Å². The number of halogens is 1. The van der Waals surface area contributed by atoms with Crippen LogP contribution in [0.3, 0.4) is 0 Å². The lowest BCUT2D eigenvalue weighted by atomic mass is 10.1. The van der Waals surface area contributed by atoms with Crippen LogP contribution >= 0.6 is 0 Å². The molecular weight excluding hydrogens is 445 g/mol. The van der Waals surface area contributed by atoms with Gasteiger partial charge in [0.25, 0.3) is 5.91 Å². The van der Waals surface area contributed by atoms with Crippen LogP contribution in [0.4, 0.5) is 26.2 Å². The monoisotopic (exact) mass is 473 g/mol. The fourth-order valence-electron chi connectivity index (χ4n) is 3.65. The molecular formula is C27H28FN5O2. The summed E-state index contributed by atoms with van der Waals surface area (Å²) in [6.45, 7) is 2.84. The van der Waals surface area contributed by atoms with E-state index >= 15 is 0 Å². The Labute approximate surface area is 204 Å². The lowest BCUT2D eigenvalue weighted by Gasteiger charge is -2.26. The number of anilines is 3. The predicted octanol–water partition coefficient (Wildman–Crippen LogP) is 5.46. The van der Waals surface area contributed by atoms with Crippen molar-refractivity contribution in [2.24, 2.45) is 0 Å². The van der Waals surface area contributed by atoms with Crippen LogP contribution in [0, 0.1) is 17.1 Å². The molecule has 0 saturated heterocycles. The van der Waals surface area contributed by atoms with Gasteiger partial charge < -0.3 is 20.4 Å². The molecule has 180 valence electrons. The van der Waals surface area contributed by atoms with Crippen molar-refractivity contribution in [3.8, 4) is 6.07 Å². The summed E-state index contributed by atoms with van der Waals surface area (Å²) >= 11 is 0. The second-order valence-electron chi connectivity index (χ2n) is 8.24. The SMILES string of the molecule is CCCN(Cc1cc(NC(=O)Nc2ccc(C#N)cc2)ccc1N(C)C)C(=O)c1ccc(F)cc1. The fraction of sp³-hybridized carbons (Fsp3) is 0.222. The van der Waals surface area contributed by atoms with Gasteiger partial charge >= 0.3 is 6.03 Å². The van der Waals surface area contributed by atoms with E-state index in [9.17, 15) is 14.0 Å². The zero-order valence-corrected chi connectivity index (χ0v) is 20.0.